The molecule has 0 aliphatic carbocycles. The summed E-state index contributed by atoms with van der Waals surface area (Å²) in [6, 6.07) is 0. The molecule has 0 aliphatic rings. The molecule has 15 heteroatoms. The monoisotopic (exact) mass is 560 g/mol. The van der Waals surface area contributed by atoms with Gasteiger partial charge in [-0.2, -0.15) is 10.2 Å². The first kappa shape index (κ1) is 25.2. The maximum Gasteiger partial charge on any atom is 0.291 e. The summed E-state index contributed by atoms with van der Waals surface area (Å²) >= 11 is 2.67. The Morgan fingerprint density at radius 3 is 1.73 bits per heavy atom. The van der Waals surface area contributed by atoms with Crippen molar-refractivity contribution in [2.24, 2.45) is 14.1 Å². The number of hydrogen-bond donors (Lipinski definition) is 0. The summed E-state index contributed by atoms with van der Waals surface area (Å²) < 4.78 is 31.3. The van der Waals surface area contributed by atoms with E-state index in [1.807, 2.05) is 32.4 Å². The first-order chi connectivity index (χ1) is 17.5. The van der Waals surface area contributed by atoms with E-state index < -0.39 is 9.84 Å². The highest BCUT2D eigenvalue weighted by Crippen LogP contribution is 2.32. The summed E-state index contributed by atoms with van der Waals surface area (Å²) in [7, 11) is 0.234. The Kier molecular flexibility index (Phi) is 6.03. The average molecular weight is 561 g/mol. The average Bonchev–Trinajstić information content (AvgIpc) is 3.57. The van der Waals surface area contributed by atoms with E-state index >= 15 is 0 Å². The fraction of sp³-hybridized carbons (Fsp3) is 0.364. The first-order valence-corrected chi connectivity index (χ1v) is 14.9. The molecule has 0 atom stereocenters. The summed E-state index contributed by atoms with van der Waals surface area (Å²) in [5.74, 6) is 0. The van der Waals surface area contributed by atoms with Crippen LogP contribution in [0.5, 0.6) is 0 Å². The van der Waals surface area contributed by atoms with Crippen LogP contribution >= 0.6 is 22.7 Å². The van der Waals surface area contributed by atoms with Crippen molar-refractivity contribution < 1.29 is 8.42 Å². The van der Waals surface area contributed by atoms with E-state index in [9.17, 15) is 18.0 Å². The molecule has 0 amide bonds. The number of hydrogen-bond acceptors (Lipinski definition) is 10. The molecule has 6 heterocycles. The molecule has 194 valence electrons. The standard InChI is InChI=1S/C11H12N4O3S2.C11H12N4OS/c1-4-15-10(16)7-6(5-12-15)8-9(14(7)2)13-11(19-8)20(3,17)18;1-4-15-11(16)8-7(5-12-15)9-10(14(8)3)13-6(2)17-9/h5H,4H2,1-3H3;5H,4H2,1-3H3. The Labute approximate surface area is 218 Å². The molecule has 0 N–H and O–H groups in total. The lowest BCUT2D eigenvalue weighted by atomic mass is 10.3. The minimum atomic E-state index is -3.35. The van der Waals surface area contributed by atoms with E-state index in [1.165, 1.54) is 9.36 Å². The van der Waals surface area contributed by atoms with Gasteiger partial charge < -0.3 is 9.13 Å². The number of thiazole rings is 2. The van der Waals surface area contributed by atoms with Crippen LogP contribution in [0.4, 0.5) is 0 Å². The van der Waals surface area contributed by atoms with Crippen LogP contribution in [0.1, 0.15) is 18.9 Å². The molecule has 0 fully saturated rings. The molecule has 0 saturated heterocycles. The zero-order valence-electron chi connectivity index (χ0n) is 21.0. The number of sulfone groups is 1. The van der Waals surface area contributed by atoms with Gasteiger partial charge in [-0.25, -0.2) is 27.7 Å². The van der Waals surface area contributed by atoms with Crippen LogP contribution in [-0.2, 0) is 37.0 Å². The fourth-order valence-corrected chi connectivity index (χ4v) is 7.18. The predicted octanol–water partition coefficient (Wildman–Crippen LogP) is 2.44. The van der Waals surface area contributed by atoms with Gasteiger partial charge in [-0.15, -0.1) is 22.7 Å². The minimum Gasteiger partial charge on any atom is -0.323 e. The molecule has 6 aromatic rings. The Morgan fingerprint density at radius 2 is 1.27 bits per heavy atom. The predicted molar refractivity (Wildman–Crippen MR) is 145 cm³/mol. The SMILES string of the molecule is CCn1ncc2c3sc(C)nc3n(C)c2c1=O.CCn1ncc2c3sc(S(C)(=O)=O)nc3n(C)c2c1=O. The molecule has 0 aromatic carbocycles. The number of aryl methyl sites for hydroxylation is 5. The molecule has 37 heavy (non-hydrogen) atoms. The summed E-state index contributed by atoms with van der Waals surface area (Å²) in [5.41, 5.74) is 2.31. The topological polar surface area (TPSA) is 140 Å². The molecule has 0 spiro atoms. The number of aromatic nitrogens is 8. The van der Waals surface area contributed by atoms with Crippen molar-refractivity contribution in [1.82, 2.24) is 38.7 Å². The van der Waals surface area contributed by atoms with Gasteiger partial charge in [0.05, 0.1) is 26.8 Å². The molecule has 0 unspecified atom stereocenters. The maximum absolute atomic E-state index is 12.3. The Bertz CT molecular complexity index is 2070. The van der Waals surface area contributed by atoms with Crippen LogP contribution in [0.15, 0.2) is 26.3 Å². The second-order valence-electron chi connectivity index (χ2n) is 8.46. The number of nitrogens with zero attached hydrogens (tertiary/aromatic N) is 8. The van der Waals surface area contributed by atoms with Crippen molar-refractivity contribution in [2.45, 2.75) is 38.2 Å². The molecular formula is C22H24N8O4S3. The Hall–Kier alpha value is -3.43. The highest BCUT2D eigenvalue weighted by Gasteiger charge is 2.21. The van der Waals surface area contributed by atoms with E-state index in [2.05, 4.69) is 20.2 Å². The van der Waals surface area contributed by atoms with Crippen molar-refractivity contribution in [3.8, 4) is 0 Å². The summed E-state index contributed by atoms with van der Waals surface area (Å²) in [4.78, 5) is 33.0. The third-order valence-corrected chi connectivity index (χ3v) is 9.80. The Morgan fingerprint density at radius 1 is 0.811 bits per heavy atom. The highest BCUT2D eigenvalue weighted by atomic mass is 32.2. The molecule has 6 aromatic heterocycles. The molecule has 0 radical (unpaired) electrons. The number of rotatable bonds is 3. The van der Waals surface area contributed by atoms with Gasteiger partial charge in [-0.3, -0.25) is 9.59 Å². The second kappa shape index (κ2) is 8.85. The van der Waals surface area contributed by atoms with E-state index in [0.717, 1.165) is 38.3 Å². The normalized spacial score (nSPS) is 12.2. The Balaban J connectivity index is 0.000000153. The van der Waals surface area contributed by atoms with E-state index in [0.29, 0.717) is 39.9 Å². The maximum atomic E-state index is 12.3. The molecule has 6 rings (SSSR count). The van der Waals surface area contributed by atoms with Crippen LogP contribution in [0.25, 0.3) is 42.5 Å². The zero-order chi connectivity index (χ0) is 26.8. The molecule has 12 nitrogen and oxygen atoms in total. The van der Waals surface area contributed by atoms with Crippen LogP contribution < -0.4 is 11.1 Å². The highest BCUT2D eigenvalue weighted by molar-refractivity contribution is 7.92. The quantitative estimate of drug-likeness (QED) is 0.322. The van der Waals surface area contributed by atoms with Crippen LogP contribution in [-0.4, -0.2) is 53.3 Å². The first-order valence-electron chi connectivity index (χ1n) is 11.3. The van der Waals surface area contributed by atoms with Crippen molar-refractivity contribution in [1.29, 1.82) is 0 Å². The zero-order valence-corrected chi connectivity index (χ0v) is 23.5. The van der Waals surface area contributed by atoms with Crippen LogP contribution in [0.2, 0.25) is 0 Å². The van der Waals surface area contributed by atoms with Crippen molar-refractivity contribution >= 4 is 75.0 Å². The van der Waals surface area contributed by atoms with Crippen molar-refractivity contribution in [3.05, 3.63) is 38.1 Å². The van der Waals surface area contributed by atoms with Gasteiger partial charge in [0.1, 0.15) is 11.0 Å². The van der Waals surface area contributed by atoms with Gasteiger partial charge in [-0.05, 0) is 20.8 Å². The molecule has 0 aliphatic heterocycles. The third-order valence-electron chi connectivity index (χ3n) is 6.05. The van der Waals surface area contributed by atoms with Gasteiger partial charge >= 0.3 is 0 Å². The van der Waals surface area contributed by atoms with Crippen LogP contribution in [0, 0.1) is 6.92 Å². The third kappa shape index (κ3) is 3.88. The largest absolute Gasteiger partial charge is 0.323 e. The molecular weight excluding hydrogens is 536 g/mol. The number of fused-ring (bicyclic) bond motifs is 6. The lowest BCUT2D eigenvalue weighted by Gasteiger charge is -2.01. The summed E-state index contributed by atoms with van der Waals surface area (Å²) in [6.45, 7) is 6.78. The van der Waals surface area contributed by atoms with Gasteiger partial charge in [0, 0.05) is 44.2 Å². The molecule has 0 bridgehead atoms. The van der Waals surface area contributed by atoms with Crippen molar-refractivity contribution in [2.75, 3.05) is 6.26 Å². The smallest absolute Gasteiger partial charge is 0.291 e. The van der Waals surface area contributed by atoms with Crippen LogP contribution in [0.3, 0.4) is 0 Å². The van der Waals surface area contributed by atoms with E-state index in [-0.39, 0.29) is 15.5 Å². The van der Waals surface area contributed by atoms with E-state index in [4.69, 9.17) is 0 Å². The van der Waals surface area contributed by atoms with Crippen molar-refractivity contribution in [3.63, 3.8) is 0 Å². The molecule has 0 saturated carbocycles. The summed E-state index contributed by atoms with van der Waals surface area (Å²) in [6.07, 6.45) is 4.47. The lowest BCUT2D eigenvalue weighted by molar-refractivity contribution is 0.601. The fourth-order valence-electron chi connectivity index (χ4n) is 4.27. The van der Waals surface area contributed by atoms with Gasteiger partial charge in [0.2, 0.25) is 14.2 Å². The van der Waals surface area contributed by atoms with Gasteiger partial charge in [0.25, 0.3) is 11.1 Å². The summed E-state index contributed by atoms with van der Waals surface area (Å²) in [5, 5.41) is 10.8. The second-order valence-corrected chi connectivity index (χ2v) is 12.9. The lowest BCUT2D eigenvalue weighted by Crippen LogP contribution is -2.23. The van der Waals surface area contributed by atoms with E-state index in [1.54, 1.807) is 35.3 Å². The van der Waals surface area contributed by atoms with Gasteiger partial charge in [0.15, 0.2) is 11.3 Å². The van der Waals surface area contributed by atoms with Gasteiger partial charge in [-0.1, -0.05) is 0 Å². The minimum absolute atomic E-state index is 0.0460.